The molecule has 0 saturated carbocycles. The molecule has 0 unspecified atom stereocenters. The Morgan fingerprint density at radius 3 is 2.96 bits per heavy atom. The number of morpholine rings is 1. The van der Waals surface area contributed by atoms with Gasteiger partial charge in [-0.05, 0) is 18.2 Å². The molecule has 1 aliphatic heterocycles. The number of nitrogens with one attached hydrogen (secondary N) is 1. The van der Waals surface area contributed by atoms with Crippen LogP contribution in [-0.2, 0) is 9.53 Å². The smallest absolute Gasteiger partial charge is 0.238 e. The number of hydrogen-bond acceptors (Lipinski definition) is 5. The maximum atomic E-state index is 12.3. The number of anilines is 1. The highest BCUT2D eigenvalue weighted by Crippen LogP contribution is 2.33. The molecular formula is C16H18BrN3O3. The van der Waals surface area contributed by atoms with Crippen LogP contribution < -0.4 is 10.1 Å². The van der Waals surface area contributed by atoms with Crippen molar-refractivity contribution in [3.05, 3.63) is 28.9 Å². The number of rotatable bonds is 4. The van der Waals surface area contributed by atoms with Gasteiger partial charge < -0.3 is 14.8 Å². The molecule has 1 amide bonds. The minimum absolute atomic E-state index is 0.0821. The second-order valence-corrected chi connectivity index (χ2v) is 6.22. The zero-order valence-electron chi connectivity index (χ0n) is 12.8. The lowest BCUT2D eigenvalue weighted by molar-refractivity contribution is -0.118. The van der Waals surface area contributed by atoms with Crippen LogP contribution in [0.4, 0.5) is 5.69 Å². The Morgan fingerprint density at radius 2 is 2.22 bits per heavy atom. The fraction of sp³-hybridized carbons (Fsp3) is 0.375. The number of nitrogens with zero attached hydrogens (tertiary/aromatic N) is 2. The van der Waals surface area contributed by atoms with E-state index in [-0.39, 0.29) is 5.91 Å². The lowest BCUT2D eigenvalue weighted by Gasteiger charge is -2.25. The molecule has 0 aliphatic carbocycles. The number of amides is 1. The van der Waals surface area contributed by atoms with Gasteiger partial charge in [-0.15, -0.1) is 0 Å². The first kappa shape index (κ1) is 16.2. The lowest BCUT2D eigenvalue weighted by atomic mass is 10.2. The molecule has 122 valence electrons. The van der Waals surface area contributed by atoms with Gasteiger partial charge in [0.1, 0.15) is 5.69 Å². The van der Waals surface area contributed by atoms with E-state index in [0.717, 1.165) is 28.5 Å². The van der Waals surface area contributed by atoms with E-state index in [4.69, 9.17) is 9.47 Å². The minimum atomic E-state index is -0.0821. The van der Waals surface area contributed by atoms with Crippen LogP contribution in [-0.4, -0.2) is 55.7 Å². The third-order valence-corrected chi connectivity index (χ3v) is 4.22. The van der Waals surface area contributed by atoms with Crippen LogP contribution in [0.25, 0.3) is 10.9 Å². The van der Waals surface area contributed by atoms with Crippen molar-refractivity contribution in [3.8, 4) is 5.75 Å². The van der Waals surface area contributed by atoms with Gasteiger partial charge in [0.15, 0.2) is 5.75 Å². The minimum Gasteiger partial charge on any atom is -0.494 e. The lowest BCUT2D eigenvalue weighted by Crippen LogP contribution is -2.41. The largest absolute Gasteiger partial charge is 0.494 e. The third-order valence-electron chi connectivity index (χ3n) is 3.73. The number of benzene rings is 1. The number of carbonyl (C=O) groups excluding carboxylic acids is 1. The first-order valence-corrected chi connectivity index (χ1v) is 8.19. The van der Waals surface area contributed by atoms with E-state index in [1.165, 1.54) is 0 Å². The average molecular weight is 380 g/mol. The van der Waals surface area contributed by atoms with Crippen LogP contribution in [0.15, 0.2) is 28.9 Å². The maximum absolute atomic E-state index is 12.3. The molecule has 2 heterocycles. The number of fused-ring (bicyclic) bond motifs is 1. The van der Waals surface area contributed by atoms with Gasteiger partial charge in [-0.1, -0.05) is 15.9 Å². The number of halogens is 1. The molecule has 0 bridgehead atoms. The Balaban J connectivity index is 1.80. The maximum Gasteiger partial charge on any atom is 0.238 e. The Hall–Kier alpha value is -1.70. The summed E-state index contributed by atoms with van der Waals surface area (Å²) in [7, 11) is 1.59. The molecule has 1 aromatic heterocycles. The summed E-state index contributed by atoms with van der Waals surface area (Å²) in [6.07, 6.45) is 1.63. The fourth-order valence-electron chi connectivity index (χ4n) is 2.60. The van der Waals surface area contributed by atoms with Crippen molar-refractivity contribution < 1.29 is 14.3 Å². The zero-order valence-corrected chi connectivity index (χ0v) is 14.4. The Bertz CT molecular complexity index is 717. The van der Waals surface area contributed by atoms with Gasteiger partial charge in [-0.3, -0.25) is 14.7 Å². The van der Waals surface area contributed by atoms with Crippen molar-refractivity contribution in [3.63, 3.8) is 0 Å². The number of aromatic nitrogens is 1. The summed E-state index contributed by atoms with van der Waals surface area (Å²) in [4.78, 5) is 18.7. The topological polar surface area (TPSA) is 63.7 Å². The number of pyridine rings is 1. The number of ether oxygens (including phenoxy) is 2. The molecule has 1 aliphatic rings. The van der Waals surface area contributed by atoms with Crippen LogP contribution in [0.3, 0.4) is 0 Å². The quantitative estimate of drug-likeness (QED) is 0.882. The van der Waals surface area contributed by atoms with E-state index >= 15 is 0 Å². The van der Waals surface area contributed by atoms with Crippen LogP contribution in [0.5, 0.6) is 5.75 Å². The number of carbonyl (C=O) groups is 1. The first-order chi connectivity index (χ1) is 11.2. The fourth-order valence-corrected chi connectivity index (χ4v) is 2.96. The number of methoxy groups -OCH3 is 1. The molecule has 1 aromatic carbocycles. The van der Waals surface area contributed by atoms with Crippen LogP contribution >= 0.6 is 15.9 Å². The van der Waals surface area contributed by atoms with Crippen LogP contribution in [0.1, 0.15) is 0 Å². The Labute approximate surface area is 142 Å². The molecular weight excluding hydrogens is 362 g/mol. The molecule has 23 heavy (non-hydrogen) atoms. The normalized spacial score (nSPS) is 15.6. The second kappa shape index (κ2) is 7.25. The van der Waals surface area contributed by atoms with Gasteiger partial charge in [0, 0.05) is 22.9 Å². The zero-order chi connectivity index (χ0) is 16.2. The van der Waals surface area contributed by atoms with E-state index in [0.29, 0.717) is 31.2 Å². The van der Waals surface area contributed by atoms with Gasteiger partial charge >= 0.3 is 0 Å². The molecule has 3 rings (SSSR count). The highest BCUT2D eigenvalue weighted by atomic mass is 79.9. The average Bonchev–Trinajstić information content (AvgIpc) is 2.55. The van der Waals surface area contributed by atoms with E-state index in [9.17, 15) is 4.79 Å². The van der Waals surface area contributed by atoms with Crippen molar-refractivity contribution in [1.82, 2.24) is 9.88 Å². The van der Waals surface area contributed by atoms with Crippen LogP contribution in [0, 0.1) is 0 Å². The highest BCUT2D eigenvalue weighted by Gasteiger charge is 2.17. The molecule has 6 nitrogen and oxygen atoms in total. The predicted octanol–water partition coefficient (Wildman–Crippen LogP) is 2.28. The molecule has 0 atom stereocenters. The third kappa shape index (κ3) is 3.80. The van der Waals surface area contributed by atoms with Gasteiger partial charge in [0.05, 0.1) is 38.6 Å². The molecule has 1 fully saturated rings. The predicted molar refractivity (Wildman–Crippen MR) is 91.9 cm³/mol. The van der Waals surface area contributed by atoms with Crippen molar-refractivity contribution in [2.24, 2.45) is 0 Å². The molecule has 0 spiro atoms. The van der Waals surface area contributed by atoms with Crippen molar-refractivity contribution in [1.29, 1.82) is 0 Å². The SMILES string of the molecule is COc1c(NC(=O)CN2CCOCC2)cnc2ccc(Br)cc12. The van der Waals surface area contributed by atoms with Gasteiger partial charge in [0.2, 0.25) is 5.91 Å². The van der Waals surface area contributed by atoms with Gasteiger partial charge in [-0.25, -0.2) is 0 Å². The summed E-state index contributed by atoms with van der Waals surface area (Å²) >= 11 is 3.45. The molecule has 7 heteroatoms. The number of hydrogen-bond donors (Lipinski definition) is 1. The molecule has 1 N–H and O–H groups in total. The monoisotopic (exact) mass is 379 g/mol. The van der Waals surface area contributed by atoms with E-state index < -0.39 is 0 Å². The first-order valence-electron chi connectivity index (χ1n) is 7.39. The van der Waals surface area contributed by atoms with Gasteiger partial charge in [-0.2, -0.15) is 0 Å². The summed E-state index contributed by atoms with van der Waals surface area (Å²) < 4.78 is 11.7. The highest BCUT2D eigenvalue weighted by molar-refractivity contribution is 9.10. The standard InChI is InChI=1S/C16H18BrN3O3/c1-22-16-12-8-11(17)2-3-13(12)18-9-14(16)19-15(21)10-20-4-6-23-7-5-20/h2-3,8-9H,4-7,10H2,1H3,(H,19,21). The van der Waals surface area contributed by atoms with E-state index in [2.05, 4.69) is 31.1 Å². The van der Waals surface area contributed by atoms with E-state index in [1.807, 2.05) is 18.2 Å². The van der Waals surface area contributed by atoms with Crippen LogP contribution in [0.2, 0.25) is 0 Å². The van der Waals surface area contributed by atoms with Crippen molar-refractivity contribution in [2.75, 3.05) is 45.3 Å². The van der Waals surface area contributed by atoms with E-state index in [1.54, 1.807) is 13.3 Å². The molecule has 1 saturated heterocycles. The van der Waals surface area contributed by atoms with Crippen molar-refractivity contribution >= 4 is 38.4 Å². The summed E-state index contributed by atoms with van der Waals surface area (Å²) in [5, 5.41) is 3.75. The molecule has 2 aromatic rings. The summed E-state index contributed by atoms with van der Waals surface area (Å²) in [6, 6.07) is 5.76. The summed E-state index contributed by atoms with van der Waals surface area (Å²) in [5.74, 6) is 0.535. The Morgan fingerprint density at radius 1 is 1.43 bits per heavy atom. The Kier molecular flexibility index (Phi) is 5.09. The summed E-state index contributed by atoms with van der Waals surface area (Å²) in [5.41, 5.74) is 1.40. The second-order valence-electron chi connectivity index (χ2n) is 5.30. The van der Waals surface area contributed by atoms with Crippen molar-refractivity contribution in [2.45, 2.75) is 0 Å². The van der Waals surface area contributed by atoms with Gasteiger partial charge in [0.25, 0.3) is 0 Å². The molecule has 0 radical (unpaired) electrons. The summed E-state index contributed by atoms with van der Waals surface area (Å²) in [6.45, 7) is 3.22.